The molecule has 0 amide bonds. The Hall–Kier alpha value is -1.38. The summed E-state index contributed by atoms with van der Waals surface area (Å²) in [6, 6.07) is -1.38. The van der Waals surface area contributed by atoms with Gasteiger partial charge in [0.15, 0.2) is 0 Å². The van der Waals surface area contributed by atoms with Gasteiger partial charge in [-0.15, -0.1) is 0 Å². The molecule has 7 nitrogen and oxygen atoms in total. The summed E-state index contributed by atoms with van der Waals surface area (Å²) < 4.78 is 9.99. The Labute approximate surface area is 143 Å². The van der Waals surface area contributed by atoms with Gasteiger partial charge in [-0.05, 0) is 15.9 Å². The third-order valence-electron chi connectivity index (χ3n) is 2.73. The Morgan fingerprint density at radius 2 is 1.86 bits per heavy atom. The number of ketones is 1. The molecule has 1 atom stereocenters. The van der Waals surface area contributed by atoms with E-state index in [-0.39, 0.29) is 20.3 Å². The molecule has 0 aliphatic rings. The fourth-order valence-corrected chi connectivity index (χ4v) is 2.87. The third kappa shape index (κ3) is 3.34. The van der Waals surface area contributed by atoms with Gasteiger partial charge >= 0.3 is 11.9 Å². The van der Waals surface area contributed by atoms with E-state index in [1.54, 1.807) is 0 Å². The molecule has 10 heteroatoms. The lowest BCUT2D eigenvalue weighted by atomic mass is 10.1. The zero-order valence-electron chi connectivity index (χ0n) is 11.4. The monoisotopic (exact) mass is 413 g/mol. The number of carbonyl (C=O) groups is 4. The molecule has 0 aromatic carbocycles. The van der Waals surface area contributed by atoms with Crippen LogP contribution in [0, 0.1) is 0 Å². The molecule has 0 bridgehead atoms. The largest absolute Gasteiger partial charge is 0.464 e. The smallest absolute Gasteiger partial charge is 0.376 e. The second kappa shape index (κ2) is 7.75. The van der Waals surface area contributed by atoms with Crippen molar-refractivity contribution in [3.05, 3.63) is 20.3 Å². The van der Waals surface area contributed by atoms with E-state index in [4.69, 9.17) is 23.2 Å². The van der Waals surface area contributed by atoms with Crippen molar-refractivity contribution >= 4 is 63.1 Å². The van der Waals surface area contributed by atoms with Crippen molar-refractivity contribution in [2.45, 2.75) is 12.5 Å². The lowest BCUT2D eigenvalue weighted by molar-refractivity contribution is -0.153. The molecule has 1 rings (SSSR count). The highest BCUT2D eigenvalue weighted by Crippen LogP contribution is 2.39. The van der Waals surface area contributed by atoms with E-state index in [0.717, 1.165) is 18.8 Å². The van der Waals surface area contributed by atoms with Crippen LogP contribution in [0.15, 0.2) is 4.47 Å². The number of esters is 2. The Bertz CT molecular complexity index is 642. The molecule has 0 aliphatic heterocycles. The number of hydrogen-bond donors (Lipinski definition) is 0. The molecule has 1 heterocycles. The van der Waals surface area contributed by atoms with Gasteiger partial charge in [0.1, 0.15) is 23.2 Å². The Morgan fingerprint density at radius 3 is 2.32 bits per heavy atom. The van der Waals surface area contributed by atoms with Crippen molar-refractivity contribution in [2.24, 2.45) is 0 Å². The number of Topliss-reactive ketones (excluding diaryl/α,β-unsaturated/α-hetero) is 1. The first-order valence-corrected chi connectivity index (χ1v) is 7.25. The number of aldehydes is 1. The molecule has 120 valence electrons. The standard InChI is InChI=1S/C12H10BrCl2NO6/c1-21-11(19)8-6(13)7(14)10(15)16(8)5(3-4-17)9(18)12(20)22-2/h4-5H,3H2,1-2H3. The minimum atomic E-state index is -1.38. The summed E-state index contributed by atoms with van der Waals surface area (Å²) in [7, 11) is 2.13. The number of nitrogens with zero attached hydrogens (tertiary/aromatic N) is 1. The van der Waals surface area contributed by atoms with Gasteiger partial charge in [0.2, 0.25) is 0 Å². The molecule has 22 heavy (non-hydrogen) atoms. The minimum absolute atomic E-state index is 0.0596. The number of rotatable bonds is 6. The van der Waals surface area contributed by atoms with Gasteiger partial charge in [-0.25, -0.2) is 9.59 Å². The molecule has 1 aromatic heterocycles. The summed E-state index contributed by atoms with van der Waals surface area (Å²) in [6.45, 7) is 0. The molecular weight excluding hydrogens is 405 g/mol. The number of hydrogen-bond acceptors (Lipinski definition) is 6. The maximum atomic E-state index is 12.1. The van der Waals surface area contributed by atoms with Crippen LogP contribution in [0.3, 0.4) is 0 Å². The molecular formula is C12H10BrCl2NO6. The lowest BCUT2D eigenvalue weighted by Gasteiger charge is -2.17. The van der Waals surface area contributed by atoms with Gasteiger partial charge in [-0.3, -0.25) is 4.79 Å². The van der Waals surface area contributed by atoms with Crippen molar-refractivity contribution in [2.75, 3.05) is 14.2 Å². The fraction of sp³-hybridized carbons (Fsp3) is 0.333. The zero-order valence-corrected chi connectivity index (χ0v) is 14.5. The van der Waals surface area contributed by atoms with Crippen LogP contribution in [-0.2, 0) is 23.9 Å². The van der Waals surface area contributed by atoms with E-state index in [9.17, 15) is 19.2 Å². The van der Waals surface area contributed by atoms with Crippen LogP contribution in [0.25, 0.3) is 0 Å². The Balaban J connectivity index is 3.58. The number of ether oxygens (including phenoxy) is 2. The van der Waals surface area contributed by atoms with Crippen LogP contribution in [0.2, 0.25) is 10.2 Å². The molecule has 0 radical (unpaired) electrons. The maximum Gasteiger partial charge on any atom is 0.376 e. The third-order valence-corrected chi connectivity index (χ3v) is 4.57. The quantitative estimate of drug-likeness (QED) is 0.402. The van der Waals surface area contributed by atoms with E-state index >= 15 is 0 Å². The van der Waals surface area contributed by atoms with E-state index in [0.29, 0.717) is 6.29 Å². The van der Waals surface area contributed by atoms with Crippen LogP contribution in [-0.4, -0.2) is 42.8 Å². The average Bonchev–Trinajstić information content (AvgIpc) is 2.74. The highest BCUT2D eigenvalue weighted by molar-refractivity contribution is 9.10. The second-order valence-corrected chi connectivity index (χ2v) is 5.43. The summed E-state index contributed by atoms with van der Waals surface area (Å²) in [6.07, 6.45) is -0.000198. The summed E-state index contributed by atoms with van der Waals surface area (Å²) >= 11 is 15.0. The normalized spacial score (nSPS) is 11.7. The fourth-order valence-electron chi connectivity index (χ4n) is 1.74. The Morgan fingerprint density at radius 1 is 1.27 bits per heavy atom. The molecule has 1 unspecified atom stereocenters. The second-order valence-electron chi connectivity index (χ2n) is 3.90. The number of carbonyl (C=O) groups excluding carboxylic acids is 4. The number of methoxy groups -OCH3 is 2. The average molecular weight is 415 g/mol. The van der Waals surface area contributed by atoms with Crippen LogP contribution in [0.4, 0.5) is 0 Å². The maximum absolute atomic E-state index is 12.1. The molecule has 1 aromatic rings. The van der Waals surface area contributed by atoms with Gasteiger partial charge in [0.05, 0.1) is 23.7 Å². The molecule has 0 saturated heterocycles. The SMILES string of the molecule is COC(=O)C(=O)C(CC=O)n1c(Cl)c(Cl)c(Br)c1C(=O)OC. The van der Waals surface area contributed by atoms with Gasteiger partial charge in [0, 0.05) is 6.42 Å². The highest BCUT2D eigenvalue weighted by Gasteiger charge is 2.35. The van der Waals surface area contributed by atoms with Gasteiger partial charge in [0.25, 0.3) is 5.78 Å². The van der Waals surface area contributed by atoms with E-state index in [1.165, 1.54) is 0 Å². The number of aromatic nitrogens is 1. The van der Waals surface area contributed by atoms with Crippen molar-refractivity contribution in [3.63, 3.8) is 0 Å². The summed E-state index contributed by atoms with van der Waals surface area (Å²) in [4.78, 5) is 46.2. The van der Waals surface area contributed by atoms with Crippen molar-refractivity contribution < 1.29 is 28.7 Å². The predicted octanol–water partition coefficient (Wildman–Crippen LogP) is 2.22. The van der Waals surface area contributed by atoms with Crippen LogP contribution < -0.4 is 0 Å². The van der Waals surface area contributed by atoms with E-state index < -0.39 is 30.2 Å². The lowest BCUT2D eigenvalue weighted by Crippen LogP contribution is -2.30. The van der Waals surface area contributed by atoms with Gasteiger partial charge < -0.3 is 18.8 Å². The van der Waals surface area contributed by atoms with Crippen molar-refractivity contribution in [1.29, 1.82) is 0 Å². The Kier molecular flexibility index (Phi) is 6.58. The minimum Gasteiger partial charge on any atom is -0.464 e. The first kappa shape index (κ1) is 18.7. The molecule has 0 fully saturated rings. The van der Waals surface area contributed by atoms with E-state index in [1.807, 2.05) is 0 Å². The first-order chi connectivity index (χ1) is 10.3. The summed E-state index contributed by atoms with van der Waals surface area (Å²) in [5, 5.41) is -0.256. The molecule has 0 spiro atoms. The summed E-state index contributed by atoms with van der Waals surface area (Å²) in [5.41, 5.74) is -0.193. The van der Waals surface area contributed by atoms with Crippen LogP contribution in [0.5, 0.6) is 0 Å². The van der Waals surface area contributed by atoms with Crippen molar-refractivity contribution in [3.8, 4) is 0 Å². The van der Waals surface area contributed by atoms with Crippen molar-refractivity contribution in [1.82, 2.24) is 4.57 Å². The van der Waals surface area contributed by atoms with Gasteiger partial charge in [-0.1, -0.05) is 23.2 Å². The number of halogens is 3. The molecule has 0 N–H and O–H groups in total. The predicted molar refractivity (Wildman–Crippen MR) is 80.2 cm³/mol. The van der Waals surface area contributed by atoms with Crippen LogP contribution >= 0.6 is 39.1 Å². The van der Waals surface area contributed by atoms with E-state index in [2.05, 4.69) is 25.4 Å². The zero-order chi connectivity index (χ0) is 17.0. The highest BCUT2D eigenvalue weighted by atomic mass is 79.9. The molecule has 0 saturated carbocycles. The molecule has 0 aliphatic carbocycles. The van der Waals surface area contributed by atoms with Gasteiger partial charge in [-0.2, -0.15) is 0 Å². The summed E-state index contributed by atoms with van der Waals surface area (Å²) in [5.74, 6) is -3.09. The van der Waals surface area contributed by atoms with Crippen LogP contribution in [0.1, 0.15) is 23.0 Å². The first-order valence-electron chi connectivity index (χ1n) is 5.70. The topological polar surface area (TPSA) is 91.7 Å².